The van der Waals surface area contributed by atoms with E-state index in [2.05, 4.69) is 64.2 Å². The molecule has 96 heavy (non-hydrogen) atoms. The number of esters is 4. The van der Waals surface area contributed by atoms with Crippen LogP contribution in [-0.2, 0) is 65.4 Å². The molecule has 5 atom stereocenters. The number of phosphoric ester groups is 2. The summed E-state index contributed by atoms with van der Waals surface area (Å²) in [5.41, 5.74) is 0. The fourth-order valence-corrected chi connectivity index (χ4v) is 12.7. The Morgan fingerprint density at radius 1 is 0.292 bits per heavy atom. The van der Waals surface area contributed by atoms with Crippen molar-refractivity contribution in [2.24, 2.45) is 0 Å². The second-order valence-corrected chi connectivity index (χ2v) is 29.6. The number of aliphatic hydroxyl groups is 1. The monoisotopic (exact) mass is 1400 g/mol. The molecule has 0 bridgehead atoms. The maximum Gasteiger partial charge on any atom is 0.472 e. The second-order valence-electron chi connectivity index (χ2n) is 26.7. The summed E-state index contributed by atoms with van der Waals surface area (Å²) in [7, 11) is -9.93. The van der Waals surface area contributed by atoms with Gasteiger partial charge in [-0.1, -0.05) is 302 Å². The summed E-state index contributed by atoms with van der Waals surface area (Å²) in [6, 6.07) is 0. The number of carbonyl (C=O) groups is 4. The third-order valence-electron chi connectivity index (χ3n) is 17.1. The zero-order valence-electron chi connectivity index (χ0n) is 61.6. The third kappa shape index (κ3) is 69.7. The van der Waals surface area contributed by atoms with E-state index >= 15 is 0 Å². The van der Waals surface area contributed by atoms with Gasteiger partial charge in [-0.05, 0) is 83.5 Å². The van der Waals surface area contributed by atoms with E-state index in [0.29, 0.717) is 25.7 Å². The molecule has 0 rings (SSSR count). The van der Waals surface area contributed by atoms with Crippen LogP contribution in [-0.4, -0.2) is 96.7 Å². The van der Waals surface area contributed by atoms with E-state index < -0.39 is 97.5 Å². The van der Waals surface area contributed by atoms with Gasteiger partial charge in [0.15, 0.2) is 12.2 Å². The molecule has 5 unspecified atom stereocenters. The van der Waals surface area contributed by atoms with Gasteiger partial charge in [0.2, 0.25) is 0 Å². The summed E-state index contributed by atoms with van der Waals surface area (Å²) in [6.07, 6.45) is 65.5. The molecule has 0 amide bonds. The van der Waals surface area contributed by atoms with Gasteiger partial charge in [-0.2, -0.15) is 0 Å². The van der Waals surface area contributed by atoms with Crippen molar-refractivity contribution in [3.8, 4) is 0 Å². The number of carbonyl (C=O) groups excluding carboxylic acids is 4. The van der Waals surface area contributed by atoms with Crippen molar-refractivity contribution in [1.29, 1.82) is 0 Å². The van der Waals surface area contributed by atoms with Gasteiger partial charge in [-0.15, -0.1) is 0 Å². The predicted molar refractivity (Wildman–Crippen MR) is 391 cm³/mol. The van der Waals surface area contributed by atoms with Crippen molar-refractivity contribution in [2.75, 3.05) is 39.6 Å². The van der Waals surface area contributed by atoms with E-state index in [4.69, 9.17) is 37.0 Å². The van der Waals surface area contributed by atoms with Gasteiger partial charge in [-0.25, -0.2) is 9.13 Å². The number of hydrogen-bond donors (Lipinski definition) is 3. The van der Waals surface area contributed by atoms with Crippen LogP contribution in [0.25, 0.3) is 0 Å². The van der Waals surface area contributed by atoms with Crippen molar-refractivity contribution in [1.82, 2.24) is 0 Å². The van der Waals surface area contributed by atoms with Gasteiger partial charge in [0.1, 0.15) is 19.3 Å². The third-order valence-corrected chi connectivity index (χ3v) is 19.0. The highest BCUT2D eigenvalue weighted by Crippen LogP contribution is 2.45. The zero-order valence-corrected chi connectivity index (χ0v) is 63.4. The molecule has 0 fully saturated rings. The van der Waals surface area contributed by atoms with Crippen LogP contribution in [0.15, 0.2) is 36.5 Å². The van der Waals surface area contributed by atoms with Crippen molar-refractivity contribution in [3.63, 3.8) is 0 Å². The molecular formula is C77H144O17P2. The molecule has 0 radical (unpaired) electrons. The van der Waals surface area contributed by atoms with Crippen molar-refractivity contribution >= 4 is 39.5 Å². The second kappa shape index (κ2) is 70.7. The number of aliphatic hydroxyl groups excluding tert-OH is 1. The van der Waals surface area contributed by atoms with E-state index in [1.807, 2.05) is 0 Å². The highest BCUT2D eigenvalue weighted by Gasteiger charge is 2.30. The quantitative estimate of drug-likeness (QED) is 0.0169. The van der Waals surface area contributed by atoms with E-state index in [-0.39, 0.29) is 25.7 Å². The molecule has 0 aliphatic heterocycles. The van der Waals surface area contributed by atoms with Crippen molar-refractivity contribution < 1.29 is 80.2 Å². The van der Waals surface area contributed by atoms with Crippen LogP contribution in [0.1, 0.15) is 374 Å². The molecule has 0 aromatic rings. The Labute approximate surface area is 585 Å². The molecule has 0 aromatic carbocycles. The fraction of sp³-hybridized carbons (Fsp3) is 0.870. The summed E-state index contributed by atoms with van der Waals surface area (Å²) < 4.78 is 68.5. The summed E-state index contributed by atoms with van der Waals surface area (Å²) in [4.78, 5) is 72.8. The minimum Gasteiger partial charge on any atom is -0.462 e. The summed E-state index contributed by atoms with van der Waals surface area (Å²) in [5.74, 6) is -2.16. The Bertz CT molecular complexity index is 1970. The number of hydrogen-bond acceptors (Lipinski definition) is 15. The van der Waals surface area contributed by atoms with Gasteiger partial charge in [0.25, 0.3) is 0 Å². The van der Waals surface area contributed by atoms with Gasteiger partial charge in [0, 0.05) is 25.7 Å². The maximum absolute atomic E-state index is 13.1. The molecule has 0 aromatic heterocycles. The molecule has 0 saturated carbocycles. The first-order valence-electron chi connectivity index (χ1n) is 39.2. The Hall–Kier alpha value is -2.72. The number of unbranched alkanes of at least 4 members (excludes halogenated alkanes) is 43. The van der Waals surface area contributed by atoms with Crippen LogP contribution < -0.4 is 0 Å². The maximum atomic E-state index is 13.1. The van der Waals surface area contributed by atoms with Crippen LogP contribution in [0, 0.1) is 0 Å². The SMILES string of the molecule is CCCCC/C=C\C/C=C\CCCCCCCC(=O)OCC(COP(=O)(O)OCC(O)COP(=O)(O)OCC(COC(=O)CCCCCCCCCCCCCCCCC)OC(=O)CCCCCCCCCCCCCCC)OC(=O)CCCCCCC/C=C\CCCCCC. The lowest BCUT2D eigenvalue weighted by Crippen LogP contribution is -2.30. The smallest absolute Gasteiger partial charge is 0.462 e. The van der Waals surface area contributed by atoms with Gasteiger partial charge < -0.3 is 33.8 Å². The van der Waals surface area contributed by atoms with Gasteiger partial charge in [-0.3, -0.25) is 37.3 Å². The number of phosphoric acid groups is 2. The molecule has 564 valence electrons. The number of ether oxygens (including phenoxy) is 4. The standard InChI is InChI=1S/C77H144O17P2/c1-5-9-13-17-21-25-29-33-35-39-41-45-49-53-57-61-74(79)87-67-72(93-76(81)63-59-55-51-47-43-37-31-27-23-19-15-11-7-3)69-91-95(83,84)89-65-71(78)66-90-96(85,86)92-70-73(94-77(82)64-60-56-52-48-44-38-32-28-24-20-16-12-8-4)68-88-75(80)62-58-54-50-46-42-40-36-34-30-26-22-18-14-10-6-2/h21,25,27,31,33,35,71-73,78H,5-20,22-24,26,28-30,32,34,36-70H2,1-4H3,(H,83,84)(H,85,86)/b25-21-,31-27-,35-33-. The zero-order chi connectivity index (χ0) is 70.4. The average Bonchev–Trinajstić information content (AvgIpc) is 1.14. The van der Waals surface area contributed by atoms with Gasteiger partial charge in [0.05, 0.1) is 26.4 Å². The minimum absolute atomic E-state index is 0.0877. The first-order valence-corrected chi connectivity index (χ1v) is 42.2. The topological polar surface area (TPSA) is 237 Å². The first kappa shape index (κ1) is 93.3. The number of allylic oxidation sites excluding steroid dienone is 6. The molecule has 17 nitrogen and oxygen atoms in total. The minimum atomic E-state index is -4.97. The van der Waals surface area contributed by atoms with E-state index in [1.54, 1.807) is 0 Å². The Kier molecular flexibility index (Phi) is 68.7. The van der Waals surface area contributed by atoms with Crippen molar-refractivity contribution in [2.45, 2.75) is 393 Å². The molecule has 0 heterocycles. The lowest BCUT2D eigenvalue weighted by atomic mass is 10.0. The predicted octanol–water partition coefficient (Wildman–Crippen LogP) is 22.3. The van der Waals surface area contributed by atoms with Crippen molar-refractivity contribution in [3.05, 3.63) is 36.5 Å². The molecular weight excluding hydrogens is 1260 g/mol. The van der Waals surface area contributed by atoms with Crippen LogP contribution in [0.3, 0.4) is 0 Å². The summed E-state index contributed by atoms with van der Waals surface area (Å²) in [5, 5.41) is 10.6. The van der Waals surface area contributed by atoms with E-state index in [0.717, 1.165) is 128 Å². The Morgan fingerprint density at radius 2 is 0.510 bits per heavy atom. The molecule has 0 aliphatic rings. The molecule has 0 spiro atoms. The number of rotatable bonds is 75. The average molecular weight is 1400 g/mol. The highest BCUT2D eigenvalue weighted by molar-refractivity contribution is 7.47. The molecule has 19 heteroatoms. The fourth-order valence-electron chi connectivity index (χ4n) is 11.1. The first-order chi connectivity index (χ1) is 46.7. The Balaban J connectivity index is 5.30. The van der Waals surface area contributed by atoms with Gasteiger partial charge >= 0.3 is 39.5 Å². The largest absolute Gasteiger partial charge is 0.472 e. The molecule has 0 aliphatic carbocycles. The highest BCUT2D eigenvalue weighted by atomic mass is 31.2. The van der Waals surface area contributed by atoms with E-state index in [1.165, 1.54) is 167 Å². The molecule has 3 N–H and O–H groups in total. The lowest BCUT2D eigenvalue weighted by molar-refractivity contribution is -0.161. The van der Waals surface area contributed by atoms with Crippen LogP contribution in [0.5, 0.6) is 0 Å². The lowest BCUT2D eigenvalue weighted by Gasteiger charge is -2.21. The van der Waals surface area contributed by atoms with Crippen LogP contribution in [0.4, 0.5) is 0 Å². The summed E-state index contributed by atoms with van der Waals surface area (Å²) >= 11 is 0. The van der Waals surface area contributed by atoms with E-state index in [9.17, 15) is 43.2 Å². The normalized spacial score (nSPS) is 14.1. The van der Waals surface area contributed by atoms with Crippen LogP contribution in [0.2, 0.25) is 0 Å². The molecule has 0 saturated heterocycles. The Morgan fingerprint density at radius 3 is 0.812 bits per heavy atom. The van der Waals surface area contributed by atoms with Crippen LogP contribution >= 0.6 is 15.6 Å². The summed E-state index contributed by atoms with van der Waals surface area (Å²) in [6.45, 7) is 4.89.